The van der Waals surface area contributed by atoms with Crippen LogP contribution in [0.4, 0.5) is 0 Å². The standard InChI is InChI=1S/C20H19N3O4/c1-14-6-5-9-16-19(14)22-13-23(20(16)26)11-17(24)21-10-18(25)27-12-15-7-3-2-4-8-15/h2-9,13H,10-12H2,1H3,(H,21,24). The predicted molar refractivity (Wildman–Crippen MR) is 100.0 cm³/mol. The fourth-order valence-corrected chi connectivity index (χ4v) is 2.62. The summed E-state index contributed by atoms with van der Waals surface area (Å²) in [5.41, 5.74) is 2.07. The normalized spacial score (nSPS) is 10.6. The van der Waals surface area contributed by atoms with Crippen molar-refractivity contribution in [3.8, 4) is 0 Å². The summed E-state index contributed by atoms with van der Waals surface area (Å²) in [6.45, 7) is 1.53. The van der Waals surface area contributed by atoms with Gasteiger partial charge in [0, 0.05) is 0 Å². The molecule has 0 saturated carbocycles. The van der Waals surface area contributed by atoms with E-state index in [1.165, 1.54) is 10.9 Å². The first-order valence-corrected chi connectivity index (χ1v) is 8.45. The van der Waals surface area contributed by atoms with E-state index in [2.05, 4.69) is 10.3 Å². The quantitative estimate of drug-likeness (QED) is 0.670. The summed E-state index contributed by atoms with van der Waals surface area (Å²) in [5.74, 6) is -1.02. The minimum Gasteiger partial charge on any atom is -0.460 e. The first-order chi connectivity index (χ1) is 13.0. The number of aryl methyl sites for hydroxylation is 1. The van der Waals surface area contributed by atoms with Crippen molar-refractivity contribution in [2.24, 2.45) is 0 Å². The third-order valence-corrected chi connectivity index (χ3v) is 4.04. The number of aromatic nitrogens is 2. The van der Waals surface area contributed by atoms with Gasteiger partial charge >= 0.3 is 5.97 Å². The van der Waals surface area contributed by atoms with E-state index in [1.54, 1.807) is 12.1 Å². The molecule has 0 saturated heterocycles. The van der Waals surface area contributed by atoms with Crippen molar-refractivity contribution in [2.75, 3.05) is 6.54 Å². The molecular weight excluding hydrogens is 346 g/mol. The number of nitrogens with zero attached hydrogens (tertiary/aromatic N) is 2. The van der Waals surface area contributed by atoms with Gasteiger partial charge in [-0.15, -0.1) is 0 Å². The Balaban J connectivity index is 1.55. The van der Waals surface area contributed by atoms with Crippen molar-refractivity contribution in [1.82, 2.24) is 14.9 Å². The number of ether oxygens (including phenoxy) is 1. The van der Waals surface area contributed by atoms with Crippen LogP contribution in [0.15, 0.2) is 59.7 Å². The lowest BCUT2D eigenvalue weighted by atomic mass is 10.1. The molecule has 0 radical (unpaired) electrons. The number of para-hydroxylation sites is 1. The summed E-state index contributed by atoms with van der Waals surface area (Å²) in [5, 5.41) is 2.90. The second-order valence-corrected chi connectivity index (χ2v) is 6.07. The molecule has 1 amide bonds. The number of hydrogen-bond acceptors (Lipinski definition) is 5. The minimum absolute atomic E-state index is 0.142. The van der Waals surface area contributed by atoms with Gasteiger partial charge in [0.1, 0.15) is 19.7 Å². The molecule has 27 heavy (non-hydrogen) atoms. The van der Waals surface area contributed by atoms with Crippen molar-refractivity contribution >= 4 is 22.8 Å². The van der Waals surface area contributed by atoms with Crippen LogP contribution in [0.25, 0.3) is 10.9 Å². The molecule has 1 N–H and O–H groups in total. The monoisotopic (exact) mass is 365 g/mol. The Labute approximate surface area is 155 Å². The van der Waals surface area contributed by atoms with Gasteiger partial charge in [-0.2, -0.15) is 0 Å². The Hall–Kier alpha value is -3.48. The molecule has 0 aliphatic heterocycles. The summed E-state index contributed by atoms with van der Waals surface area (Å²) >= 11 is 0. The Kier molecular flexibility index (Phi) is 5.61. The average molecular weight is 365 g/mol. The zero-order valence-corrected chi connectivity index (χ0v) is 14.8. The molecular formula is C20H19N3O4. The van der Waals surface area contributed by atoms with Gasteiger partial charge < -0.3 is 10.1 Å². The highest BCUT2D eigenvalue weighted by Gasteiger charge is 2.11. The summed E-state index contributed by atoms with van der Waals surface area (Å²) < 4.78 is 6.30. The van der Waals surface area contributed by atoms with Crippen LogP contribution in [0.2, 0.25) is 0 Å². The van der Waals surface area contributed by atoms with Crippen molar-refractivity contribution in [3.05, 3.63) is 76.3 Å². The summed E-state index contributed by atoms with van der Waals surface area (Å²) in [6, 6.07) is 14.6. The van der Waals surface area contributed by atoms with E-state index in [1.807, 2.05) is 43.3 Å². The molecule has 0 atom stereocenters. The van der Waals surface area contributed by atoms with Crippen molar-refractivity contribution < 1.29 is 14.3 Å². The lowest BCUT2D eigenvalue weighted by Crippen LogP contribution is -2.35. The van der Waals surface area contributed by atoms with Gasteiger partial charge in [-0.25, -0.2) is 4.98 Å². The van der Waals surface area contributed by atoms with Gasteiger partial charge in [0.2, 0.25) is 5.91 Å². The average Bonchev–Trinajstić information content (AvgIpc) is 2.68. The topological polar surface area (TPSA) is 90.3 Å². The molecule has 7 nitrogen and oxygen atoms in total. The second kappa shape index (κ2) is 8.27. The van der Waals surface area contributed by atoms with E-state index >= 15 is 0 Å². The maximum atomic E-state index is 12.5. The van der Waals surface area contributed by atoms with Crippen LogP contribution >= 0.6 is 0 Å². The Bertz CT molecular complexity index is 1030. The maximum absolute atomic E-state index is 12.5. The molecule has 0 unspecified atom stereocenters. The third kappa shape index (κ3) is 4.58. The molecule has 0 fully saturated rings. The lowest BCUT2D eigenvalue weighted by molar-refractivity contribution is -0.145. The van der Waals surface area contributed by atoms with Crippen LogP contribution in [0, 0.1) is 6.92 Å². The SMILES string of the molecule is Cc1cccc2c(=O)n(CC(=O)NCC(=O)OCc3ccccc3)cnc12. The van der Waals surface area contributed by atoms with Gasteiger partial charge in [0.25, 0.3) is 5.56 Å². The summed E-state index contributed by atoms with van der Waals surface area (Å²) in [6.07, 6.45) is 1.34. The molecule has 3 aromatic rings. The molecule has 0 aliphatic carbocycles. The number of fused-ring (bicyclic) bond motifs is 1. The maximum Gasteiger partial charge on any atom is 0.325 e. The van der Waals surface area contributed by atoms with Crippen molar-refractivity contribution in [3.63, 3.8) is 0 Å². The van der Waals surface area contributed by atoms with Crippen LogP contribution in [-0.2, 0) is 27.5 Å². The number of carbonyl (C=O) groups excluding carboxylic acids is 2. The number of hydrogen-bond donors (Lipinski definition) is 1. The fraction of sp³-hybridized carbons (Fsp3) is 0.200. The van der Waals surface area contributed by atoms with Gasteiger partial charge in [0.15, 0.2) is 0 Å². The number of benzene rings is 2. The van der Waals surface area contributed by atoms with Crippen LogP contribution in [0.3, 0.4) is 0 Å². The molecule has 7 heteroatoms. The molecule has 1 aromatic heterocycles. The minimum atomic E-state index is -0.549. The highest BCUT2D eigenvalue weighted by atomic mass is 16.5. The second-order valence-electron chi connectivity index (χ2n) is 6.07. The largest absolute Gasteiger partial charge is 0.460 e. The van der Waals surface area contributed by atoms with Gasteiger partial charge in [-0.1, -0.05) is 42.5 Å². The Morgan fingerprint density at radius 2 is 1.89 bits per heavy atom. The smallest absolute Gasteiger partial charge is 0.325 e. The Morgan fingerprint density at radius 1 is 1.11 bits per heavy atom. The van der Waals surface area contributed by atoms with E-state index in [0.29, 0.717) is 10.9 Å². The molecule has 0 aliphatic rings. The van der Waals surface area contributed by atoms with Crippen molar-refractivity contribution in [1.29, 1.82) is 0 Å². The van der Waals surface area contributed by atoms with Crippen LogP contribution in [0.1, 0.15) is 11.1 Å². The molecule has 2 aromatic carbocycles. The number of amides is 1. The highest BCUT2D eigenvalue weighted by Crippen LogP contribution is 2.11. The molecule has 0 bridgehead atoms. The predicted octanol–water partition coefficient (Wildman–Crippen LogP) is 1.56. The number of rotatable bonds is 6. The van der Waals surface area contributed by atoms with E-state index in [-0.39, 0.29) is 25.3 Å². The molecule has 1 heterocycles. The first-order valence-electron chi connectivity index (χ1n) is 8.45. The van der Waals surface area contributed by atoms with E-state index < -0.39 is 11.9 Å². The third-order valence-electron chi connectivity index (χ3n) is 4.04. The zero-order valence-electron chi connectivity index (χ0n) is 14.8. The van der Waals surface area contributed by atoms with E-state index in [4.69, 9.17) is 4.74 Å². The first kappa shape index (κ1) is 18.3. The van der Waals surface area contributed by atoms with Crippen molar-refractivity contribution in [2.45, 2.75) is 20.1 Å². The van der Waals surface area contributed by atoms with Gasteiger partial charge in [-0.3, -0.25) is 19.0 Å². The molecule has 3 rings (SSSR count). The van der Waals surface area contributed by atoms with Crippen LogP contribution in [-0.4, -0.2) is 28.0 Å². The van der Waals surface area contributed by atoms with E-state index in [9.17, 15) is 14.4 Å². The van der Waals surface area contributed by atoms with E-state index in [0.717, 1.165) is 11.1 Å². The summed E-state index contributed by atoms with van der Waals surface area (Å²) in [7, 11) is 0. The van der Waals surface area contributed by atoms with Crippen LogP contribution in [0.5, 0.6) is 0 Å². The number of esters is 1. The van der Waals surface area contributed by atoms with Crippen LogP contribution < -0.4 is 10.9 Å². The number of carbonyl (C=O) groups is 2. The molecule has 138 valence electrons. The summed E-state index contributed by atoms with van der Waals surface area (Å²) in [4.78, 5) is 40.5. The molecule has 0 spiro atoms. The number of nitrogens with one attached hydrogen (secondary N) is 1. The van der Waals surface area contributed by atoms with Gasteiger partial charge in [0.05, 0.1) is 17.2 Å². The fourth-order valence-electron chi connectivity index (χ4n) is 2.62. The highest BCUT2D eigenvalue weighted by molar-refractivity contribution is 5.83. The lowest BCUT2D eigenvalue weighted by Gasteiger charge is -2.09. The Morgan fingerprint density at radius 3 is 2.67 bits per heavy atom. The van der Waals surface area contributed by atoms with Gasteiger partial charge in [-0.05, 0) is 24.1 Å². The zero-order chi connectivity index (χ0) is 19.2.